The highest BCUT2D eigenvalue weighted by molar-refractivity contribution is 7.13. The first-order valence-electron chi connectivity index (χ1n) is 6.26. The van der Waals surface area contributed by atoms with Gasteiger partial charge in [0.05, 0.1) is 22.2 Å². The Morgan fingerprint density at radius 3 is 2.59 bits per heavy atom. The van der Waals surface area contributed by atoms with Gasteiger partial charge in [0.15, 0.2) is 6.10 Å². The molecule has 0 unspecified atom stereocenters. The quantitative estimate of drug-likeness (QED) is 0.832. The summed E-state index contributed by atoms with van der Waals surface area (Å²) in [6, 6.07) is 5.17. The third-order valence-electron chi connectivity index (χ3n) is 2.76. The van der Waals surface area contributed by atoms with Crippen LogP contribution in [0.1, 0.15) is 12.6 Å². The standard InChI is InChI=1S/C14H12Cl2N2O3S/c1-7(13(17)20)21-11(19)5-8-6-22-14(18-8)12-9(15)3-2-4-10(12)16/h2-4,6-7H,5H2,1H3,(H2,17,20)/t7-/m0/s1. The number of hydrogen-bond donors (Lipinski definition) is 1. The molecule has 0 aliphatic rings. The zero-order chi connectivity index (χ0) is 16.3. The van der Waals surface area contributed by atoms with Gasteiger partial charge in [0, 0.05) is 10.9 Å². The van der Waals surface area contributed by atoms with Gasteiger partial charge in [-0.2, -0.15) is 0 Å². The summed E-state index contributed by atoms with van der Waals surface area (Å²) in [4.78, 5) is 26.9. The van der Waals surface area contributed by atoms with E-state index in [-0.39, 0.29) is 6.42 Å². The molecule has 1 aromatic heterocycles. The molecule has 2 N–H and O–H groups in total. The number of carbonyl (C=O) groups is 2. The van der Waals surface area contributed by atoms with E-state index in [2.05, 4.69) is 4.98 Å². The molecule has 0 saturated heterocycles. The number of carbonyl (C=O) groups excluding carboxylic acids is 2. The number of nitrogens with zero attached hydrogens (tertiary/aromatic N) is 1. The number of aromatic nitrogens is 1. The second-order valence-electron chi connectivity index (χ2n) is 4.45. The van der Waals surface area contributed by atoms with Crippen LogP contribution < -0.4 is 5.73 Å². The average Bonchev–Trinajstić information content (AvgIpc) is 2.86. The van der Waals surface area contributed by atoms with E-state index in [0.717, 1.165) is 0 Å². The van der Waals surface area contributed by atoms with Crippen molar-refractivity contribution in [3.63, 3.8) is 0 Å². The molecule has 116 valence electrons. The van der Waals surface area contributed by atoms with E-state index in [1.165, 1.54) is 18.3 Å². The molecular formula is C14H12Cl2N2O3S. The molecule has 2 rings (SSSR count). The van der Waals surface area contributed by atoms with Crippen LogP contribution >= 0.6 is 34.5 Å². The Hall–Kier alpha value is -1.63. The van der Waals surface area contributed by atoms with Crippen molar-refractivity contribution >= 4 is 46.4 Å². The molecule has 0 bridgehead atoms. The van der Waals surface area contributed by atoms with Gasteiger partial charge in [0.1, 0.15) is 5.01 Å². The molecule has 1 atom stereocenters. The maximum absolute atomic E-state index is 11.7. The topological polar surface area (TPSA) is 82.3 Å². The number of amides is 1. The van der Waals surface area contributed by atoms with Crippen LogP contribution in [0, 0.1) is 0 Å². The first-order chi connectivity index (χ1) is 10.4. The van der Waals surface area contributed by atoms with Crippen LogP contribution in [0.15, 0.2) is 23.6 Å². The monoisotopic (exact) mass is 358 g/mol. The Balaban J connectivity index is 2.12. The Morgan fingerprint density at radius 1 is 1.36 bits per heavy atom. The number of primary amides is 1. The molecule has 0 radical (unpaired) electrons. The van der Waals surface area contributed by atoms with Crippen molar-refractivity contribution < 1.29 is 14.3 Å². The normalized spacial score (nSPS) is 12.0. The van der Waals surface area contributed by atoms with Crippen molar-refractivity contribution in [3.8, 4) is 10.6 Å². The molecule has 0 spiro atoms. The Kier molecular flexibility index (Phi) is 5.39. The Bertz CT molecular complexity index is 698. The van der Waals surface area contributed by atoms with Crippen LogP contribution in [0.2, 0.25) is 10.0 Å². The van der Waals surface area contributed by atoms with Crippen molar-refractivity contribution in [2.24, 2.45) is 5.73 Å². The third-order valence-corrected chi connectivity index (χ3v) is 4.30. The van der Waals surface area contributed by atoms with Gasteiger partial charge in [0.25, 0.3) is 5.91 Å². The zero-order valence-electron chi connectivity index (χ0n) is 11.5. The van der Waals surface area contributed by atoms with Crippen LogP contribution in [-0.4, -0.2) is 23.0 Å². The fourth-order valence-electron chi connectivity index (χ4n) is 1.65. The van der Waals surface area contributed by atoms with Gasteiger partial charge in [-0.1, -0.05) is 29.3 Å². The number of halogens is 2. The highest BCUT2D eigenvalue weighted by Gasteiger charge is 2.17. The average molecular weight is 359 g/mol. The second kappa shape index (κ2) is 7.09. The fraction of sp³-hybridized carbons (Fsp3) is 0.214. The lowest BCUT2D eigenvalue weighted by molar-refractivity contribution is -0.153. The summed E-state index contributed by atoms with van der Waals surface area (Å²) in [5.41, 5.74) is 6.17. The summed E-state index contributed by atoms with van der Waals surface area (Å²) in [7, 11) is 0. The van der Waals surface area contributed by atoms with Crippen molar-refractivity contribution in [2.75, 3.05) is 0 Å². The number of ether oxygens (including phenoxy) is 1. The van der Waals surface area contributed by atoms with Crippen LogP contribution in [0.5, 0.6) is 0 Å². The molecular weight excluding hydrogens is 347 g/mol. The minimum atomic E-state index is -0.969. The molecule has 0 saturated carbocycles. The minimum Gasteiger partial charge on any atom is -0.452 e. The van der Waals surface area contributed by atoms with Gasteiger partial charge in [-0.05, 0) is 19.1 Å². The fourth-order valence-corrected chi connectivity index (χ4v) is 3.23. The van der Waals surface area contributed by atoms with Crippen LogP contribution in [-0.2, 0) is 20.7 Å². The lowest BCUT2D eigenvalue weighted by Crippen LogP contribution is -2.30. The highest BCUT2D eigenvalue weighted by Crippen LogP contribution is 2.36. The van der Waals surface area contributed by atoms with E-state index in [1.54, 1.807) is 23.6 Å². The van der Waals surface area contributed by atoms with Crippen molar-refractivity contribution in [2.45, 2.75) is 19.4 Å². The van der Waals surface area contributed by atoms with E-state index >= 15 is 0 Å². The highest BCUT2D eigenvalue weighted by atomic mass is 35.5. The van der Waals surface area contributed by atoms with Crippen molar-refractivity contribution in [1.82, 2.24) is 4.98 Å². The largest absolute Gasteiger partial charge is 0.452 e. The predicted octanol–water partition coefficient (Wildman–Crippen LogP) is 3.08. The smallest absolute Gasteiger partial charge is 0.312 e. The number of benzene rings is 1. The molecule has 1 aromatic carbocycles. The Labute approximate surface area is 141 Å². The second-order valence-corrected chi connectivity index (χ2v) is 6.12. The number of thiazole rings is 1. The molecule has 0 aliphatic carbocycles. The lowest BCUT2D eigenvalue weighted by atomic mass is 10.2. The molecule has 2 aromatic rings. The molecule has 22 heavy (non-hydrogen) atoms. The van der Waals surface area contributed by atoms with Gasteiger partial charge in [0.2, 0.25) is 0 Å². The minimum absolute atomic E-state index is 0.0593. The first-order valence-corrected chi connectivity index (χ1v) is 7.89. The predicted molar refractivity (Wildman–Crippen MR) is 86.0 cm³/mol. The molecule has 0 fully saturated rings. The number of esters is 1. The maximum Gasteiger partial charge on any atom is 0.312 e. The van der Waals surface area contributed by atoms with Crippen LogP contribution in [0.25, 0.3) is 10.6 Å². The number of hydrogen-bond acceptors (Lipinski definition) is 5. The van der Waals surface area contributed by atoms with Crippen LogP contribution in [0.4, 0.5) is 0 Å². The first kappa shape index (κ1) is 16.7. The van der Waals surface area contributed by atoms with E-state index in [4.69, 9.17) is 33.7 Å². The van der Waals surface area contributed by atoms with Crippen molar-refractivity contribution in [3.05, 3.63) is 39.3 Å². The summed E-state index contributed by atoms with van der Waals surface area (Å²) < 4.78 is 4.88. The van der Waals surface area contributed by atoms with E-state index < -0.39 is 18.0 Å². The Morgan fingerprint density at radius 2 is 2.00 bits per heavy atom. The van der Waals surface area contributed by atoms with Gasteiger partial charge in [-0.15, -0.1) is 11.3 Å². The summed E-state index contributed by atoms with van der Waals surface area (Å²) in [6.07, 6.45) is -1.03. The molecule has 8 heteroatoms. The van der Waals surface area contributed by atoms with E-state index in [0.29, 0.717) is 26.3 Å². The number of rotatable bonds is 5. The maximum atomic E-state index is 11.7. The van der Waals surface area contributed by atoms with Gasteiger partial charge >= 0.3 is 5.97 Å². The summed E-state index contributed by atoms with van der Waals surface area (Å²) >= 11 is 13.6. The summed E-state index contributed by atoms with van der Waals surface area (Å²) in [5, 5.41) is 3.29. The summed E-state index contributed by atoms with van der Waals surface area (Å²) in [5.74, 6) is -1.27. The molecule has 1 amide bonds. The number of nitrogens with two attached hydrogens (primary N) is 1. The van der Waals surface area contributed by atoms with E-state index in [9.17, 15) is 9.59 Å². The van der Waals surface area contributed by atoms with Gasteiger partial charge in [-0.25, -0.2) is 4.98 Å². The molecule has 0 aliphatic heterocycles. The van der Waals surface area contributed by atoms with Crippen LogP contribution in [0.3, 0.4) is 0 Å². The van der Waals surface area contributed by atoms with Gasteiger partial charge in [-0.3, -0.25) is 9.59 Å². The zero-order valence-corrected chi connectivity index (χ0v) is 13.8. The lowest BCUT2D eigenvalue weighted by Gasteiger charge is -2.08. The molecule has 1 heterocycles. The third kappa shape index (κ3) is 3.97. The van der Waals surface area contributed by atoms with E-state index in [1.807, 2.05) is 0 Å². The molecule has 5 nitrogen and oxygen atoms in total. The SMILES string of the molecule is C[C@H](OC(=O)Cc1csc(-c2c(Cl)cccc2Cl)n1)C(N)=O. The van der Waals surface area contributed by atoms with Gasteiger partial charge < -0.3 is 10.5 Å². The summed E-state index contributed by atoms with van der Waals surface area (Å²) in [6.45, 7) is 1.41. The van der Waals surface area contributed by atoms with Crippen molar-refractivity contribution in [1.29, 1.82) is 0 Å².